The summed E-state index contributed by atoms with van der Waals surface area (Å²) in [4.78, 5) is 0. The van der Waals surface area contributed by atoms with E-state index in [0.29, 0.717) is 16.4 Å². The van der Waals surface area contributed by atoms with Gasteiger partial charge in [-0.15, -0.1) is 0 Å². The van der Waals surface area contributed by atoms with E-state index in [2.05, 4.69) is 6.92 Å². The highest BCUT2D eigenvalue weighted by molar-refractivity contribution is 7.86. The molecule has 4 unspecified atom stereocenters. The molecular formula is C14H27NOS. The van der Waals surface area contributed by atoms with Crippen LogP contribution in [0.15, 0.2) is 0 Å². The average molecular weight is 257 g/mol. The molecule has 2 N–H and O–H groups in total. The van der Waals surface area contributed by atoms with Gasteiger partial charge in [0, 0.05) is 21.3 Å². The van der Waals surface area contributed by atoms with E-state index < -0.39 is 10.8 Å². The topological polar surface area (TPSA) is 43.1 Å². The molecule has 0 aromatic rings. The first-order valence-electron chi connectivity index (χ1n) is 7.35. The van der Waals surface area contributed by atoms with Crippen LogP contribution in [0.2, 0.25) is 0 Å². The van der Waals surface area contributed by atoms with Crippen LogP contribution in [0.25, 0.3) is 0 Å². The van der Waals surface area contributed by atoms with Crippen LogP contribution in [-0.2, 0) is 10.8 Å². The third kappa shape index (κ3) is 3.11. The predicted octanol–water partition coefficient (Wildman–Crippen LogP) is 2.83. The minimum Gasteiger partial charge on any atom is -0.330 e. The van der Waals surface area contributed by atoms with Gasteiger partial charge in [-0.2, -0.15) is 0 Å². The van der Waals surface area contributed by atoms with Crippen molar-refractivity contribution in [3.8, 4) is 0 Å². The number of hydrogen-bond donors (Lipinski definition) is 1. The molecule has 0 aromatic carbocycles. The molecule has 0 amide bonds. The molecule has 0 aromatic heterocycles. The van der Waals surface area contributed by atoms with Crippen molar-refractivity contribution >= 4 is 10.8 Å². The van der Waals surface area contributed by atoms with E-state index in [9.17, 15) is 4.21 Å². The molecule has 17 heavy (non-hydrogen) atoms. The van der Waals surface area contributed by atoms with Gasteiger partial charge in [-0.1, -0.05) is 32.6 Å². The fraction of sp³-hybridized carbons (Fsp3) is 1.00. The van der Waals surface area contributed by atoms with Crippen molar-refractivity contribution in [1.29, 1.82) is 0 Å². The monoisotopic (exact) mass is 257 g/mol. The lowest BCUT2D eigenvalue weighted by Gasteiger charge is -2.36. The molecule has 100 valence electrons. The maximum Gasteiger partial charge on any atom is 0.0393 e. The van der Waals surface area contributed by atoms with E-state index >= 15 is 0 Å². The molecule has 2 fully saturated rings. The Hall–Kier alpha value is 0.110. The summed E-state index contributed by atoms with van der Waals surface area (Å²) in [5.74, 6) is 1.33. The highest BCUT2D eigenvalue weighted by Crippen LogP contribution is 2.37. The second-order valence-corrected chi connectivity index (χ2v) is 7.79. The largest absolute Gasteiger partial charge is 0.330 e. The Labute approximate surface area is 108 Å². The van der Waals surface area contributed by atoms with Crippen LogP contribution >= 0.6 is 0 Å². The fourth-order valence-corrected chi connectivity index (χ4v) is 5.95. The van der Waals surface area contributed by atoms with Crippen molar-refractivity contribution < 1.29 is 4.21 Å². The van der Waals surface area contributed by atoms with Crippen LogP contribution in [0.5, 0.6) is 0 Å². The molecule has 4 atom stereocenters. The van der Waals surface area contributed by atoms with Crippen LogP contribution in [-0.4, -0.2) is 21.3 Å². The van der Waals surface area contributed by atoms with Crippen molar-refractivity contribution in [3.63, 3.8) is 0 Å². The van der Waals surface area contributed by atoms with Gasteiger partial charge in [0.1, 0.15) is 0 Å². The first-order chi connectivity index (χ1) is 8.26. The Kier molecular flexibility index (Phi) is 5.04. The standard InChI is InChI=1S/C14H27NOS/c1-2-11-7-8-12(10-15)14(9-11)17(16)13-5-3-4-6-13/h11-14H,2-10,15H2,1H3. The summed E-state index contributed by atoms with van der Waals surface area (Å²) in [6.45, 7) is 3.00. The predicted molar refractivity (Wildman–Crippen MR) is 74.4 cm³/mol. The lowest BCUT2D eigenvalue weighted by Crippen LogP contribution is -2.40. The minimum absolute atomic E-state index is 0.404. The van der Waals surface area contributed by atoms with Gasteiger partial charge in [0.05, 0.1) is 0 Å². The van der Waals surface area contributed by atoms with Gasteiger partial charge in [0.2, 0.25) is 0 Å². The SMILES string of the molecule is CCC1CCC(CN)C(S(=O)C2CCCC2)C1. The zero-order valence-electron chi connectivity index (χ0n) is 11.1. The smallest absolute Gasteiger partial charge is 0.0393 e. The number of hydrogen-bond acceptors (Lipinski definition) is 2. The van der Waals surface area contributed by atoms with Crippen LogP contribution in [0.4, 0.5) is 0 Å². The van der Waals surface area contributed by atoms with Crippen LogP contribution in [0.1, 0.15) is 58.3 Å². The van der Waals surface area contributed by atoms with Gasteiger partial charge < -0.3 is 5.73 Å². The summed E-state index contributed by atoms with van der Waals surface area (Å²) in [7, 11) is -0.614. The zero-order valence-corrected chi connectivity index (χ0v) is 11.9. The molecule has 2 aliphatic carbocycles. The molecule has 0 spiro atoms. The Balaban J connectivity index is 2.00. The lowest BCUT2D eigenvalue weighted by molar-refractivity contribution is 0.279. The highest BCUT2D eigenvalue weighted by Gasteiger charge is 2.36. The van der Waals surface area contributed by atoms with Gasteiger partial charge in [-0.05, 0) is 44.1 Å². The Bertz CT molecular complexity index is 263. The molecule has 0 radical (unpaired) electrons. The molecular weight excluding hydrogens is 230 g/mol. The van der Waals surface area contributed by atoms with E-state index in [-0.39, 0.29) is 0 Å². The second kappa shape index (κ2) is 6.33. The molecule has 0 saturated heterocycles. The minimum atomic E-state index is -0.614. The summed E-state index contributed by atoms with van der Waals surface area (Å²) in [6.07, 6.45) is 9.88. The molecule has 0 bridgehead atoms. The third-order valence-electron chi connectivity index (χ3n) is 4.85. The highest BCUT2D eigenvalue weighted by atomic mass is 32.2. The Morgan fingerprint density at radius 2 is 1.88 bits per heavy atom. The molecule has 3 heteroatoms. The quantitative estimate of drug-likeness (QED) is 0.841. The fourth-order valence-electron chi connectivity index (χ4n) is 3.57. The first kappa shape index (κ1) is 13.5. The Morgan fingerprint density at radius 1 is 1.18 bits per heavy atom. The molecule has 2 rings (SSSR count). The van der Waals surface area contributed by atoms with Crippen molar-refractivity contribution in [2.75, 3.05) is 6.54 Å². The maximum absolute atomic E-state index is 12.7. The molecule has 0 heterocycles. The van der Waals surface area contributed by atoms with Crippen LogP contribution in [0.3, 0.4) is 0 Å². The van der Waals surface area contributed by atoms with Gasteiger partial charge in [-0.25, -0.2) is 0 Å². The first-order valence-corrected chi connectivity index (χ1v) is 8.63. The molecule has 2 nitrogen and oxygen atoms in total. The maximum atomic E-state index is 12.7. The van der Waals surface area contributed by atoms with Crippen LogP contribution < -0.4 is 5.73 Å². The van der Waals surface area contributed by atoms with Gasteiger partial charge in [-0.3, -0.25) is 4.21 Å². The second-order valence-electron chi connectivity index (χ2n) is 5.86. The normalized spacial score (nSPS) is 37.2. The number of rotatable bonds is 4. The van der Waals surface area contributed by atoms with Crippen molar-refractivity contribution in [2.45, 2.75) is 68.8 Å². The van der Waals surface area contributed by atoms with Crippen molar-refractivity contribution in [3.05, 3.63) is 0 Å². The van der Waals surface area contributed by atoms with Gasteiger partial charge in [0.15, 0.2) is 0 Å². The van der Waals surface area contributed by atoms with E-state index in [1.165, 1.54) is 51.4 Å². The van der Waals surface area contributed by atoms with Crippen LogP contribution in [0, 0.1) is 11.8 Å². The molecule has 2 aliphatic rings. The van der Waals surface area contributed by atoms with Crippen molar-refractivity contribution in [2.24, 2.45) is 17.6 Å². The number of nitrogens with two attached hydrogens (primary N) is 1. The summed E-state index contributed by atoms with van der Waals surface area (Å²) in [5.41, 5.74) is 5.88. The average Bonchev–Trinajstić information content (AvgIpc) is 2.91. The van der Waals surface area contributed by atoms with Gasteiger partial charge >= 0.3 is 0 Å². The third-order valence-corrected chi connectivity index (χ3v) is 7.15. The van der Waals surface area contributed by atoms with E-state index in [0.717, 1.165) is 12.5 Å². The summed E-state index contributed by atoms with van der Waals surface area (Å²) in [6, 6.07) is 0. The van der Waals surface area contributed by atoms with Crippen molar-refractivity contribution in [1.82, 2.24) is 0 Å². The Morgan fingerprint density at radius 3 is 2.47 bits per heavy atom. The molecule has 2 saturated carbocycles. The van der Waals surface area contributed by atoms with E-state index in [1.54, 1.807) is 0 Å². The molecule has 0 aliphatic heterocycles. The van der Waals surface area contributed by atoms with E-state index in [4.69, 9.17) is 5.73 Å². The zero-order chi connectivity index (χ0) is 12.3. The summed E-state index contributed by atoms with van der Waals surface area (Å²) >= 11 is 0. The lowest BCUT2D eigenvalue weighted by atomic mass is 9.80. The summed E-state index contributed by atoms with van der Waals surface area (Å²) < 4.78 is 12.7. The van der Waals surface area contributed by atoms with E-state index in [1.807, 2.05) is 0 Å². The summed E-state index contributed by atoms with van der Waals surface area (Å²) in [5, 5.41) is 0.895. The van der Waals surface area contributed by atoms with Gasteiger partial charge in [0.25, 0.3) is 0 Å².